The number of allylic oxidation sites excluding steroid dienone is 8. The van der Waals surface area contributed by atoms with Crippen LogP contribution in [0.25, 0.3) is 0 Å². The second kappa shape index (κ2) is 8.55. The Kier molecular flexibility index (Phi) is 6.74. The Morgan fingerprint density at radius 3 is 2.14 bits per heavy atom. The molecule has 1 rings (SSSR count). The summed E-state index contributed by atoms with van der Waals surface area (Å²) < 4.78 is 0. The molecular weight excluding hydrogens is 168 g/mol. The van der Waals surface area contributed by atoms with Crippen LogP contribution in [0.4, 0.5) is 0 Å². The molecule has 0 aromatic carbocycles. The lowest BCUT2D eigenvalue weighted by Crippen LogP contribution is -1.73. The van der Waals surface area contributed by atoms with Crippen molar-refractivity contribution in [1.82, 2.24) is 0 Å². The van der Waals surface area contributed by atoms with Crippen LogP contribution in [0.3, 0.4) is 0 Å². The minimum Gasteiger partial charge on any atom is -0.0845 e. The van der Waals surface area contributed by atoms with Gasteiger partial charge in [-0.2, -0.15) is 0 Å². The summed E-state index contributed by atoms with van der Waals surface area (Å²) in [6.45, 7) is 0. The van der Waals surface area contributed by atoms with Crippen LogP contribution in [0, 0.1) is 6.42 Å². The summed E-state index contributed by atoms with van der Waals surface area (Å²) in [6.07, 6.45) is 25.5. The zero-order valence-electron chi connectivity index (χ0n) is 8.73. The summed E-state index contributed by atoms with van der Waals surface area (Å²) in [7, 11) is 0. The molecule has 0 saturated carbocycles. The van der Waals surface area contributed by atoms with Crippen molar-refractivity contribution in [1.29, 1.82) is 0 Å². The first-order valence-electron chi connectivity index (χ1n) is 5.45. The summed E-state index contributed by atoms with van der Waals surface area (Å²) in [5.74, 6) is 0. The molecule has 75 valence electrons. The number of hydrogen-bond acceptors (Lipinski definition) is 0. The Morgan fingerprint density at radius 2 is 1.29 bits per heavy atom. The highest BCUT2D eigenvalue weighted by molar-refractivity contribution is 5.06. The van der Waals surface area contributed by atoms with Gasteiger partial charge in [0.25, 0.3) is 0 Å². The van der Waals surface area contributed by atoms with Crippen molar-refractivity contribution >= 4 is 0 Å². The molecule has 0 amide bonds. The summed E-state index contributed by atoms with van der Waals surface area (Å²) in [5.41, 5.74) is 0. The van der Waals surface area contributed by atoms with E-state index in [1.165, 1.54) is 19.3 Å². The van der Waals surface area contributed by atoms with Crippen LogP contribution >= 0.6 is 0 Å². The molecule has 0 aromatic rings. The van der Waals surface area contributed by atoms with Gasteiger partial charge in [0.1, 0.15) is 0 Å². The summed E-state index contributed by atoms with van der Waals surface area (Å²) in [6, 6.07) is 0. The van der Waals surface area contributed by atoms with Gasteiger partial charge in [0, 0.05) is 0 Å². The Hall–Kier alpha value is -1.04. The Bertz CT molecular complexity index is 228. The molecule has 0 aliphatic heterocycles. The normalized spacial score (nSPS) is 28.6. The van der Waals surface area contributed by atoms with Gasteiger partial charge in [-0.15, -0.1) is 0 Å². The average molecular weight is 187 g/mol. The van der Waals surface area contributed by atoms with E-state index in [2.05, 4.69) is 55.0 Å². The summed E-state index contributed by atoms with van der Waals surface area (Å²) in [5, 5.41) is 0. The van der Waals surface area contributed by atoms with Crippen molar-refractivity contribution in [3.63, 3.8) is 0 Å². The lowest BCUT2D eigenvalue weighted by atomic mass is 10.1. The fourth-order valence-electron chi connectivity index (χ4n) is 1.31. The molecule has 14 heavy (non-hydrogen) atoms. The molecule has 0 heteroatoms. The first-order valence-corrected chi connectivity index (χ1v) is 5.45. The van der Waals surface area contributed by atoms with Crippen LogP contribution in [0.5, 0.6) is 0 Å². The van der Waals surface area contributed by atoms with Gasteiger partial charge in [-0.25, -0.2) is 0 Å². The van der Waals surface area contributed by atoms with Crippen molar-refractivity contribution in [2.75, 3.05) is 0 Å². The van der Waals surface area contributed by atoms with Gasteiger partial charge in [0.15, 0.2) is 0 Å². The van der Waals surface area contributed by atoms with E-state index in [4.69, 9.17) is 0 Å². The molecule has 0 saturated heterocycles. The Morgan fingerprint density at radius 1 is 0.571 bits per heavy atom. The van der Waals surface area contributed by atoms with E-state index in [0.717, 1.165) is 12.8 Å². The lowest BCUT2D eigenvalue weighted by Gasteiger charge is -1.92. The lowest BCUT2D eigenvalue weighted by molar-refractivity contribution is 0.842. The minimum absolute atomic E-state index is 1.04. The first-order chi connectivity index (χ1) is 7.00. The van der Waals surface area contributed by atoms with E-state index in [9.17, 15) is 0 Å². The van der Waals surface area contributed by atoms with Gasteiger partial charge in [0.2, 0.25) is 0 Å². The molecule has 1 aliphatic carbocycles. The van der Waals surface area contributed by atoms with Crippen LogP contribution in [-0.2, 0) is 0 Å². The maximum atomic E-state index is 2.25. The summed E-state index contributed by atoms with van der Waals surface area (Å²) >= 11 is 0. The molecule has 0 fully saturated rings. The maximum Gasteiger partial charge on any atom is -0.0166 e. The van der Waals surface area contributed by atoms with Gasteiger partial charge in [0.05, 0.1) is 0 Å². The van der Waals surface area contributed by atoms with Crippen molar-refractivity contribution in [3.05, 3.63) is 55.0 Å². The molecule has 0 bridgehead atoms. The molecule has 0 unspecified atom stereocenters. The molecular formula is C14H19. The van der Waals surface area contributed by atoms with Gasteiger partial charge in [-0.3, -0.25) is 0 Å². The van der Waals surface area contributed by atoms with E-state index in [-0.39, 0.29) is 0 Å². The molecule has 0 aromatic heterocycles. The fraction of sp³-hybridized carbons (Fsp3) is 0.357. The molecule has 0 N–H and O–H groups in total. The highest BCUT2D eigenvalue weighted by Crippen LogP contribution is 2.02. The van der Waals surface area contributed by atoms with Crippen LogP contribution in [0.15, 0.2) is 48.6 Å². The first kappa shape index (κ1) is 11.0. The monoisotopic (exact) mass is 187 g/mol. The third-order valence-electron chi connectivity index (χ3n) is 2.11. The van der Waals surface area contributed by atoms with Gasteiger partial charge in [-0.1, -0.05) is 48.6 Å². The quantitative estimate of drug-likeness (QED) is 0.494. The molecule has 0 nitrogen and oxygen atoms in total. The van der Waals surface area contributed by atoms with E-state index < -0.39 is 0 Å². The van der Waals surface area contributed by atoms with E-state index in [1.807, 2.05) is 0 Å². The van der Waals surface area contributed by atoms with Gasteiger partial charge >= 0.3 is 0 Å². The molecule has 1 aliphatic rings. The van der Waals surface area contributed by atoms with Crippen LogP contribution in [0.1, 0.15) is 32.1 Å². The minimum atomic E-state index is 1.04. The van der Waals surface area contributed by atoms with Crippen molar-refractivity contribution in [2.45, 2.75) is 32.1 Å². The number of hydrogen-bond donors (Lipinski definition) is 0. The zero-order chi connectivity index (χ0) is 9.90. The van der Waals surface area contributed by atoms with E-state index >= 15 is 0 Å². The smallest absolute Gasteiger partial charge is 0.0166 e. The van der Waals surface area contributed by atoms with Crippen LogP contribution in [0.2, 0.25) is 0 Å². The fourth-order valence-corrected chi connectivity index (χ4v) is 1.31. The largest absolute Gasteiger partial charge is 0.0845 e. The predicted octanol–water partition coefficient (Wildman–Crippen LogP) is 4.38. The van der Waals surface area contributed by atoms with E-state index in [0.29, 0.717) is 0 Å². The van der Waals surface area contributed by atoms with Crippen LogP contribution < -0.4 is 0 Å². The standard InChI is InChI=1S/C14H19/c1-2-4-6-8-10-12-14-13-11-9-7-5-3-1/h1-4,7,9,12-14H,5-6,8,10-11H2/b3-1+,4-2-,9-7+,14-13+. The SMILES string of the molecule is [CH]1/C=C/C/C=C/C/C=C/C=C\CCC1. The van der Waals surface area contributed by atoms with Crippen molar-refractivity contribution in [3.8, 4) is 0 Å². The highest BCUT2D eigenvalue weighted by Gasteiger charge is 1.83. The van der Waals surface area contributed by atoms with Gasteiger partial charge < -0.3 is 0 Å². The molecule has 0 spiro atoms. The predicted molar refractivity (Wildman–Crippen MR) is 63.9 cm³/mol. The molecule has 1 radical (unpaired) electrons. The average Bonchev–Trinajstić information content (AvgIpc) is 2.22. The van der Waals surface area contributed by atoms with Crippen molar-refractivity contribution in [2.24, 2.45) is 0 Å². The van der Waals surface area contributed by atoms with Crippen LogP contribution in [-0.4, -0.2) is 0 Å². The van der Waals surface area contributed by atoms with Gasteiger partial charge in [-0.05, 0) is 38.5 Å². The second-order valence-corrected chi connectivity index (χ2v) is 3.39. The third-order valence-corrected chi connectivity index (χ3v) is 2.11. The molecule has 0 heterocycles. The van der Waals surface area contributed by atoms with E-state index in [1.54, 1.807) is 0 Å². The topological polar surface area (TPSA) is 0 Å². The maximum absolute atomic E-state index is 2.25. The second-order valence-electron chi connectivity index (χ2n) is 3.39. The number of rotatable bonds is 0. The zero-order valence-corrected chi connectivity index (χ0v) is 8.73. The Labute approximate surface area is 87.7 Å². The van der Waals surface area contributed by atoms with Crippen molar-refractivity contribution < 1.29 is 0 Å². The summed E-state index contributed by atoms with van der Waals surface area (Å²) in [4.78, 5) is 0. The third kappa shape index (κ3) is 6.47. The molecule has 0 atom stereocenters. The Balaban J connectivity index is 2.35. The highest BCUT2D eigenvalue weighted by atomic mass is 13.9.